The van der Waals surface area contributed by atoms with Crippen LogP contribution in [0.2, 0.25) is 0 Å². The second-order valence-corrected chi connectivity index (χ2v) is 11.9. The fourth-order valence-electron chi connectivity index (χ4n) is 4.84. The molecule has 0 spiro atoms. The maximum absolute atomic E-state index is 6.21. The van der Waals surface area contributed by atoms with Gasteiger partial charge in [0.05, 0.1) is 22.4 Å². The van der Waals surface area contributed by atoms with Gasteiger partial charge in [-0.15, -0.1) is 0 Å². The van der Waals surface area contributed by atoms with Crippen LogP contribution in [-0.4, -0.2) is 36.6 Å². The zero-order valence-electron chi connectivity index (χ0n) is 22.7. The Labute approximate surface area is 215 Å². The van der Waals surface area contributed by atoms with E-state index < -0.39 is 14.2 Å². The minimum Gasteiger partial charge on any atom is -0.400 e. The molecule has 2 heterocycles. The molecule has 0 unspecified atom stereocenters. The highest BCUT2D eigenvalue weighted by atomic mass is 16.7. The summed E-state index contributed by atoms with van der Waals surface area (Å²) in [6, 6.07) is 17.1. The zero-order valence-corrected chi connectivity index (χ0v) is 22.7. The Kier molecular flexibility index (Phi) is 6.04. The molecule has 36 heavy (non-hydrogen) atoms. The summed E-state index contributed by atoms with van der Waals surface area (Å²) in [4.78, 5) is 0. The molecule has 0 radical (unpaired) electrons. The van der Waals surface area contributed by atoms with Crippen LogP contribution in [0.25, 0.3) is 33.7 Å². The van der Waals surface area contributed by atoms with Crippen LogP contribution in [0.4, 0.5) is 0 Å². The topological polar surface area (TPSA) is 36.9 Å². The fourth-order valence-corrected chi connectivity index (χ4v) is 4.84. The van der Waals surface area contributed by atoms with Crippen molar-refractivity contribution in [3.05, 3.63) is 71.6 Å². The first kappa shape index (κ1) is 25.3. The molecule has 0 aliphatic carbocycles. The van der Waals surface area contributed by atoms with Gasteiger partial charge < -0.3 is 18.6 Å². The predicted octanol–water partition coefficient (Wildman–Crippen LogP) is 7.28. The molecular weight excluding hydrogens is 446 g/mol. The number of benzene rings is 3. The van der Waals surface area contributed by atoms with Crippen molar-refractivity contribution < 1.29 is 18.6 Å². The van der Waals surface area contributed by atoms with Crippen molar-refractivity contribution >= 4 is 47.9 Å². The summed E-state index contributed by atoms with van der Waals surface area (Å²) in [5.41, 5.74) is 0.845. The number of hydrogen-bond donors (Lipinski definition) is 0. The van der Waals surface area contributed by atoms with Crippen LogP contribution >= 0.6 is 0 Å². The highest BCUT2D eigenvalue weighted by molar-refractivity contribution is 6.53. The Hall–Kier alpha value is -2.37. The molecule has 6 heteroatoms. The van der Waals surface area contributed by atoms with Crippen LogP contribution in [0.1, 0.15) is 66.5 Å². The number of fused-ring (bicyclic) bond motifs is 2. The van der Waals surface area contributed by atoms with Crippen molar-refractivity contribution in [3.8, 4) is 0 Å². The van der Waals surface area contributed by atoms with Crippen molar-refractivity contribution in [2.24, 2.45) is 0 Å². The molecular formula is C30H36B2O4. The van der Waals surface area contributed by atoms with Gasteiger partial charge in [0, 0.05) is 0 Å². The van der Waals surface area contributed by atoms with Crippen LogP contribution < -0.4 is 0 Å². The molecule has 186 valence electrons. The minimum atomic E-state index is -0.393. The van der Waals surface area contributed by atoms with Crippen LogP contribution in [0.3, 0.4) is 0 Å². The van der Waals surface area contributed by atoms with Crippen LogP contribution in [0, 0.1) is 0 Å². The summed E-state index contributed by atoms with van der Waals surface area (Å²) in [5, 5.41) is 4.71. The van der Waals surface area contributed by atoms with Crippen LogP contribution in [-0.2, 0) is 18.6 Å². The van der Waals surface area contributed by atoms with Crippen molar-refractivity contribution in [1.29, 1.82) is 0 Å². The van der Waals surface area contributed by atoms with Gasteiger partial charge in [-0.2, -0.15) is 0 Å². The van der Waals surface area contributed by atoms with Crippen LogP contribution in [0.15, 0.2) is 60.5 Å². The van der Waals surface area contributed by atoms with Gasteiger partial charge in [0.15, 0.2) is 0 Å². The molecule has 0 atom stereocenters. The van der Waals surface area contributed by atoms with Gasteiger partial charge in [-0.05, 0) is 88.1 Å². The summed E-state index contributed by atoms with van der Waals surface area (Å²) < 4.78 is 24.9. The van der Waals surface area contributed by atoms with E-state index in [1.165, 1.54) is 21.5 Å². The second kappa shape index (κ2) is 8.59. The van der Waals surface area contributed by atoms with Gasteiger partial charge in [0.25, 0.3) is 0 Å². The summed E-state index contributed by atoms with van der Waals surface area (Å²) in [5.74, 6) is 4.06. The Balaban J connectivity index is 1.58. The predicted molar refractivity (Wildman–Crippen MR) is 152 cm³/mol. The van der Waals surface area contributed by atoms with Crippen molar-refractivity contribution in [1.82, 2.24) is 0 Å². The second-order valence-electron chi connectivity index (χ2n) is 11.9. The highest BCUT2D eigenvalue weighted by Crippen LogP contribution is 2.40. The van der Waals surface area contributed by atoms with Gasteiger partial charge in [-0.3, -0.25) is 0 Å². The molecule has 0 aromatic heterocycles. The normalized spacial score (nSPS) is 22.6. The summed E-state index contributed by atoms with van der Waals surface area (Å²) in [6.45, 7) is 16.6. The molecule has 2 aliphatic rings. The SMILES string of the molecule is CC1(C)OB(/C=C\c2c3ccccc3c(/C=C\B3OC(C)(C)C(C)(C)O3)c3ccccc23)OC1(C)C. The first-order valence-electron chi connectivity index (χ1n) is 12.8. The molecule has 4 nitrogen and oxygen atoms in total. The Bertz CT molecular complexity index is 1180. The molecule has 2 aliphatic heterocycles. The third kappa shape index (κ3) is 4.24. The van der Waals surface area contributed by atoms with E-state index in [2.05, 4.69) is 116 Å². The molecule has 0 saturated carbocycles. The molecule has 5 rings (SSSR count). The van der Waals surface area contributed by atoms with E-state index in [4.69, 9.17) is 18.6 Å². The van der Waals surface area contributed by atoms with E-state index in [-0.39, 0.29) is 22.4 Å². The highest BCUT2D eigenvalue weighted by Gasteiger charge is 2.51. The lowest BCUT2D eigenvalue weighted by Gasteiger charge is -2.32. The van der Waals surface area contributed by atoms with E-state index in [0.717, 1.165) is 11.1 Å². The van der Waals surface area contributed by atoms with Gasteiger partial charge in [0.1, 0.15) is 0 Å². The molecule has 0 N–H and O–H groups in total. The number of hydrogen-bond acceptors (Lipinski definition) is 4. The smallest absolute Gasteiger partial charge is 0.400 e. The fraction of sp³-hybridized carbons (Fsp3) is 0.400. The largest absolute Gasteiger partial charge is 0.487 e. The Morgan fingerprint density at radius 1 is 0.472 bits per heavy atom. The minimum absolute atomic E-state index is 0.367. The van der Waals surface area contributed by atoms with E-state index in [1.54, 1.807) is 0 Å². The lowest BCUT2D eigenvalue weighted by molar-refractivity contribution is 0.00578. The van der Waals surface area contributed by atoms with Crippen molar-refractivity contribution in [3.63, 3.8) is 0 Å². The summed E-state index contributed by atoms with van der Waals surface area (Å²) >= 11 is 0. The molecule has 3 aromatic rings. The van der Waals surface area contributed by atoms with Crippen molar-refractivity contribution in [2.45, 2.75) is 77.8 Å². The van der Waals surface area contributed by atoms with E-state index in [1.807, 2.05) is 12.0 Å². The standard InChI is InChI=1S/C30H36B2O4/c1-27(2)28(3,4)34-31(33-27)19-17-25-21-13-9-11-15-23(21)26(24-16-12-10-14-22(24)25)18-20-32-35-29(5,6)30(7,8)36-32/h9-20H,1-8H3/b19-17-,20-18-. The molecule has 2 saturated heterocycles. The van der Waals surface area contributed by atoms with E-state index >= 15 is 0 Å². The Morgan fingerprint density at radius 2 is 0.722 bits per heavy atom. The average Bonchev–Trinajstić information content (AvgIpc) is 3.14. The third-order valence-electron chi connectivity index (χ3n) is 8.40. The first-order chi connectivity index (χ1) is 16.8. The monoisotopic (exact) mass is 482 g/mol. The third-order valence-corrected chi connectivity index (χ3v) is 8.40. The first-order valence-corrected chi connectivity index (χ1v) is 12.8. The number of rotatable bonds is 4. The van der Waals surface area contributed by atoms with Gasteiger partial charge >= 0.3 is 14.2 Å². The summed E-state index contributed by atoms with van der Waals surface area (Å²) in [7, 11) is -0.786. The molecule has 3 aromatic carbocycles. The van der Waals surface area contributed by atoms with Gasteiger partial charge in [-0.25, -0.2) is 0 Å². The maximum atomic E-state index is 6.21. The molecule has 2 fully saturated rings. The zero-order chi connectivity index (χ0) is 25.9. The van der Waals surface area contributed by atoms with Gasteiger partial charge in [0.2, 0.25) is 0 Å². The van der Waals surface area contributed by atoms with E-state index in [0.29, 0.717) is 0 Å². The van der Waals surface area contributed by atoms with Gasteiger partial charge in [-0.1, -0.05) is 72.6 Å². The average molecular weight is 482 g/mol. The Morgan fingerprint density at radius 3 is 0.972 bits per heavy atom. The summed E-state index contributed by atoms with van der Waals surface area (Å²) in [6.07, 6.45) is 4.29. The van der Waals surface area contributed by atoms with Crippen LogP contribution in [0.5, 0.6) is 0 Å². The van der Waals surface area contributed by atoms with E-state index in [9.17, 15) is 0 Å². The van der Waals surface area contributed by atoms with Crippen molar-refractivity contribution in [2.75, 3.05) is 0 Å². The maximum Gasteiger partial charge on any atom is 0.487 e. The quantitative estimate of drug-likeness (QED) is 0.289. The lowest BCUT2D eigenvalue weighted by atomic mass is 9.84. The lowest BCUT2D eigenvalue weighted by Crippen LogP contribution is -2.41. The molecule has 0 bridgehead atoms. The molecule has 0 amide bonds.